The number of benzene rings is 2. The second kappa shape index (κ2) is 8.28. The third-order valence-corrected chi connectivity index (χ3v) is 6.69. The van der Waals surface area contributed by atoms with Crippen LogP contribution in [0.3, 0.4) is 0 Å². The first-order chi connectivity index (χ1) is 12.8. The summed E-state index contributed by atoms with van der Waals surface area (Å²) in [4.78, 5) is 15.5. The molecule has 0 amide bonds. The van der Waals surface area contributed by atoms with Gasteiger partial charge in [0.25, 0.3) is 0 Å². The van der Waals surface area contributed by atoms with Gasteiger partial charge < -0.3 is 10.0 Å². The number of likely N-dealkylation sites (tertiary alicyclic amines) is 1. The number of nitrogens with zero attached hydrogens (tertiary/aromatic N) is 1. The molecule has 3 rings (SSSR count). The van der Waals surface area contributed by atoms with Crippen molar-refractivity contribution >= 4 is 52.2 Å². The monoisotopic (exact) mass is 445 g/mol. The highest BCUT2D eigenvalue weighted by Gasteiger charge is 2.46. The van der Waals surface area contributed by atoms with Crippen LogP contribution in [-0.4, -0.2) is 35.4 Å². The van der Waals surface area contributed by atoms with E-state index in [2.05, 4.69) is 4.90 Å². The molecule has 2 aromatic carbocycles. The molecule has 7 heteroatoms. The maximum absolute atomic E-state index is 13.3. The van der Waals surface area contributed by atoms with Crippen molar-refractivity contribution in [1.29, 1.82) is 0 Å². The molecular formula is C20H19Cl4NO2. The van der Waals surface area contributed by atoms with Crippen LogP contribution < -0.4 is 0 Å². The summed E-state index contributed by atoms with van der Waals surface area (Å²) < 4.78 is 0. The molecule has 1 fully saturated rings. The summed E-state index contributed by atoms with van der Waals surface area (Å²) in [5, 5.41) is 13.0. The van der Waals surface area contributed by atoms with Gasteiger partial charge in [0.2, 0.25) is 0 Å². The molecule has 0 spiro atoms. The Hall–Kier alpha value is -0.810. The van der Waals surface area contributed by atoms with Gasteiger partial charge in [0.1, 0.15) is 5.60 Å². The molecule has 27 heavy (non-hydrogen) atoms. The minimum Gasteiger partial charge on any atom is -0.384 e. The van der Waals surface area contributed by atoms with Crippen LogP contribution in [-0.2, 0) is 5.60 Å². The molecular weight excluding hydrogens is 428 g/mol. The van der Waals surface area contributed by atoms with Crippen molar-refractivity contribution in [3.63, 3.8) is 0 Å². The standard InChI is InChI=1S/C20H19Cl4NO2/c1-2-25-8-7-20(27,13-4-6-16(22)18(24)10-13)14(11-25)19(26)12-3-5-15(21)17(23)9-12/h3-6,9-10,14,27H,2,7-8,11H2,1H3. The molecule has 0 saturated carbocycles. The fourth-order valence-corrected chi connectivity index (χ4v) is 4.15. The largest absolute Gasteiger partial charge is 0.384 e. The number of Topliss-reactive ketones (excluding diaryl/α,β-unsaturated/α-hetero) is 1. The van der Waals surface area contributed by atoms with Crippen molar-refractivity contribution in [2.45, 2.75) is 18.9 Å². The summed E-state index contributed by atoms with van der Waals surface area (Å²) >= 11 is 24.2. The summed E-state index contributed by atoms with van der Waals surface area (Å²) in [6, 6.07) is 9.79. The lowest BCUT2D eigenvalue weighted by atomic mass is 9.72. The Balaban J connectivity index is 2.04. The Morgan fingerprint density at radius 2 is 1.70 bits per heavy atom. The number of hydrogen-bond donors (Lipinski definition) is 1. The summed E-state index contributed by atoms with van der Waals surface area (Å²) in [7, 11) is 0. The fourth-order valence-electron chi connectivity index (χ4n) is 3.55. The van der Waals surface area contributed by atoms with Crippen molar-refractivity contribution < 1.29 is 9.90 Å². The Morgan fingerprint density at radius 1 is 1.07 bits per heavy atom. The molecule has 2 aromatic rings. The summed E-state index contributed by atoms with van der Waals surface area (Å²) in [5.41, 5.74) is -0.333. The van der Waals surface area contributed by atoms with E-state index < -0.39 is 11.5 Å². The van der Waals surface area contributed by atoms with E-state index in [9.17, 15) is 9.90 Å². The number of carbonyl (C=O) groups is 1. The molecule has 0 radical (unpaired) electrons. The third kappa shape index (κ3) is 4.14. The Morgan fingerprint density at radius 3 is 2.30 bits per heavy atom. The van der Waals surface area contributed by atoms with Crippen molar-refractivity contribution in [3.05, 3.63) is 67.6 Å². The quantitative estimate of drug-likeness (QED) is 0.611. The normalized spacial score (nSPS) is 23.4. The minimum atomic E-state index is -1.34. The van der Waals surface area contributed by atoms with E-state index in [-0.39, 0.29) is 5.78 Å². The molecule has 144 valence electrons. The molecule has 0 aromatic heterocycles. The van der Waals surface area contributed by atoms with Crippen molar-refractivity contribution in [3.8, 4) is 0 Å². The van der Waals surface area contributed by atoms with Gasteiger partial charge in [-0.15, -0.1) is 0 Å². The zero-order valence-corrected chi connectivity index (χ0v) is 17.7. The first-order valence-corrected chi connectivity index (χ1v) is 10.2. The lowest BCUT2D eigenvalue weighted by Crippen LogP contribution is -2.53. The molecule has 1 heterocycles. The van der Waals surface area contributed by atoms with E-state index in [0.29, 0.717) is 50.7 Å². The van der Waals surface area contributed by atoms with Gasteiger partial charge in [-0.3, -0.25) is 4.79 Å². The van der Waals surface area contributed by atoms with E-state index in [4.69, 9.17) is 46.4 Å². The van der Waals surface area contributed by atoms with Gasteiger partial charge in [0, 0.05) is 18.7 Å². The number of hydrogen-bond acceptors (Lipinski definition) is 3. The van der Waals surface area contributed by atoms with E-state index in [0.717, 1.165) is 6.54 Å². The second-order valence-corrected chi connectivity index (χ2v) is 8.37. The van der Waals surface area contributed by atoms with Gasteiger partial charge >= 0.3 is 0 Å². The number of aliphatic hydroxyl groups is 1. The Kier molecular flexibility index (Phi) is 6.41. The maximum Gasteiger partial charge on any atom is 0.170 e. The average Bonchev–Trinajstić information content (AvgIpc) is 2.66. The topological polar surface area (TPSA) is 40.5 Å². The minimum absolute atomic E-state index is 0.180. The smallest absolute Gasteiger partial charge is 0.170 e. The van der Waals surface area contributed by atoms with Crippen LogP contribution in [0.2, 0.25) is 20.1 Å². The first-order valence-electron chi connectivity index (χ1n) is 8.65. The Bertz CT molecular complexity index is 873. The van der Waals surface area contributed by atoms with E-state index in [1.165, 1.54) is 0 Å². The van der Waals surface area contributed by atoms with Crippen LogP contribution in [0.1, 0.15) is 29.3 Å². The van der Waals surface area contributed by atoms with Crippen LogP contribution in [0.15, 0.2) is 36.4 Å². The summed E-state index contributed by atoms with van der Waals surface area (Å²) in [5.74, 6) is -0.846. The molecule has 1 saturated heterocycles. The van der Waals surface area contributed by atoms with Crippen molar-refractivity contribution in [2.24, 2.45) is 5.92 Å². The Labute approximate surface area is 178 Å². The molecule has 0 aliphatic carbocycles. The zero-order chi connectivity index (χ0) is 19.8. The average molecular weight is 447 g/mol. The van der Waals surface area contributed by atoms with Gasteiger partial charge in [-0.25, -0.2) is 0 Å². The summed E-state index contributed by atoms with van der Waals surface area (Å²) in [6.45, 7) is 3.94. The van der Waals surface area contributed by atoms with Gasteiger partial charge in [0.05, 0.1) is 26.0 Å². The number of halogens is 4. The highest BCUT2D eigenvalue weighted by Crippen LogP contribution is 2.41. The number of rotatable bonds is 4. The highest BCUT2D eigenvalue weighted by atomic mass is 35.5. The van der Waals surface area contributed by atoms with E-state index in [1.54, 1.807) is 36.4 Å². The molecule has 1 aliphatic heterocycles. The zero-order valence-electron chi connectivity index (χ0n) is 14.7. The SMILES string of the molecule is CCN1CCC(O)(c2ccc(Cl)c(Cl)c2)C(C(=O)c2ccc(Cl)c(Cl)c2)C1. The molecule has 2 atom stereocenters. The fraction of sp³-hybridized carbons (Fsp3) is 0.350. The predicted molar refractivity (Wildman–Crippen MR) is 111 cm³/mol. The van der Waals surface area contributed by atoms with Crippen LogP contribution in [0.4, 0.5) is 0 Å². The van der Waals surface area contributed by atoms with Gasteiger partial charge in [-0.1, -0.05) is 59.4 Å². The first kappa shape index (κ1) is 20.9. The van der Waals surface area contributed by atoms with Crippen LogP contribution in [0.5, 0.6) is 0 Å². The molecule has 2 unspecified atom stereocenters. The van der Waals surface area contributed by atoms with Gasteiger partial charge in [0.15, 0.2) is 5.78 Å². The molecule has 0 bridgehead atoms. The van der Waals surface area contributed by atoms with Crippen molar-refractivity contribution in [2.75, 3.05) is 19.6 Å². The lowest BCUT2D eigenvalue weighted by Gasteiger charge is -2.44. The van der Waals surface area contributed by atoms with Gasteiger partial charge in [-0.05, 0) is 48.9 Å². The van der Waals surface area contributed by atoms with Crippen LogP contribution in [0, 0.1) is 5.92 Å². The second-order valence-electron chi connectivity index (χ2n) is 6.74. The van der Waals surface area contributed by atoms with E-state index >= 15 is 0 Å². The number of carbonyl (C=O) groups excluding carboxylic acids is 1. The predicted octanol–water partition coefficient (Wildman–Crippen LogP) is 5.71. The van der Waals surface area contributed by atoms with Crippen LogP contribution >= 0.6 is 46.4 Å². The molecule has 1 aliphatic rings. The summed E-state index contributed by atoms with van der Waals surface area (Å²) in [6.07, 6.45) is 0.413. The van der Waals surface area contributed by atoms with Crippen molar-refractivity contribution in [1.82, 2.24) is 4.90 Å². The maximum atomic E-state index is 13.3. The number of ketones is 1. The molecule has 3 nitrogen and oxygen atoms in total. The van der Waals surface area contributed by atoms with Crippen LogP contribution in [0.25, 0.3) is 0 Å². The van der Waals surface area contributed by atoms with E-state index in [1.807, 2.05) is 6.92 Å². The highest BCUT2D eigenvalue weighted by molar-refractivity contribution is 6.42. The van der Waals surface area contributed by atoms with Gasteiger partial charge in [-0.2, -0.15) is 0 Å². The lowest BCUT2D eigenvalue weighted by molar-refractivity contribution is -0.0631. The number of piperidine rings is 1. The third-order valence-electron chi connectivity index (χ3n) is 5.21. The molecule has 1 N–H and O–H groups in total.